The van der Waals surface area contributed by atoms with E-state index >= 15 is 0 Å². The summed E-state index contributed by atoms with van der Waals surface area (Å²) in [5.41, 5.74) is 1.24. The fourth-order valence-electron chi connectivity index (χ4n) is 2.01. The number of hydrogen-bond acceptors (Lipinski definition) is 4. The first-order valence-corrected chi connectivity index (χ1v) is 7.16. The fraction of sp³-hybridized carbons (Fsp3) is 0.625. The van der Waals surface area contributed by atoms with Crippen LogP contribution in [0.15, 0.2) is 18.2 Å². The van der Waals surface area contributed by atoms with Gasteiger partial charge in [-0.3, -0.25) is 0 Å². The molecule has 1 aliphatic rings. The molecule has 0 amide bonds. The van der Waals surface area contributed by atoms with Crippen LogP contribution in [0.3, 0.4) is 0 Å². The Kier molecular flexibility index (Phi) is 4.89. The lowest BCUT2D eigenvalue weighted by Gasteiger charge is -2.26. The highest BCUT2D eigenvalue weighted by Gasteiger charge is 2.19. The zero-order chi connectivity index (χ0) is 14.6. The summed E-state index contributed by atoms with van der Waals surface area (Å²) in [5.74, 6) is 1.63. The highest BCUT2D eigenvalue weighted by molar-refractivity contribution is 5.44. The average Bonchev–Trinajstić information content (AvgIpc) is 2.84. The minimum atomic E-state index is 0.126. The number of nitrogens with one attached hydrogen (secondary N) is 1. The van der Waals surface area contributed by atoms with Crippen molar-refractivity contribution in [2.45, 2.75) is 40.3 Å². The fourth-order valence-corrected chi connectivity index (χ4v) is 2.01. The molecule has 1 N–H and O–H groups in total. The first-order chi connectivity index (χ1) is 9.46. The molecule has 20 heavy (non-hydrogen) atoms. The molecule has 0 bridgehead atoms. The highest BCUT2D eigenvalue weighted by Crippen LogP contribution is 2.32. The van der Waals surface area contributed by atoms with E-state index in [1.165, 1.54) is 0 Å². The van der Waals surface area contributed by atoms with E-state index in [4.69, 9.17) is 14.2 Å². The Bertz CT molecular complexity index is 443. The van der Waals surface area contributed by atoms with Crippen molar-refractivity contribution in [3.8, 4) is 11.5 Å². The third-order valence-corrected chi connectivity index (χ3v) is 3.19. The second-order valence-corrected chi connectivity index (χ2v) is 6.38. The number of rotatable bonds is 7. The maximum atomic E-state index is 5.84. The van der Waals surface area contributed by atoms with Gasteiger partial charge in [0.05, 0.1) is 13.2 Å². The van der Waals surface area contributed by atoms with Gasteiger partial charge in [-0.05, 0) is 17.7 Å². The van der Waals surface area contributed by atoms with Gasteiger partial charge >= 0.3 is 0 Å². The molecule has 1 heterocycles. The summed E-state index contributed by atoms with van der Waals surface area (Å²) in [6.07, 6.45) is 0. The molecule has 1 aromatic carbocycles. The first kappa shape index (κ1) is 15.1. The molecule has 0 radical (unpaired) electrons. The molecular formula is C16H25NO3. The Morgan fingerprint density at radius 2 is 2.00 bits per heavy atom. The average molecular weight is 279 g/mol. The molecule has 1 aliphatic heterocycles. The van der Waals surface area contributed by atoms with Crippen LogP contribution >= 0.6 is 0 Å². The third-order valence-electron chi connectivity index (χ3n) is 3.19. The molecule has 0 aromatic heterocycles. The Morgan fingerprint density at radius 3 is 2.75 bits per heavy atom. The van der Waals surface area contributed by atoms with Crippen LogP contribution in [0.1, 0.15) is 33.3 Å². The van der Waals surface area contributed by atoms with Gasteiger partial charge in [0.25, 0.3) is 0 Å². The molecular weight excluding hydrogens is 254 g/mol. The minimum absolute atomic E-state index is 0.126. The van der Waals surface area contributed by atoms with Crippen molar-refractivity contribution in [2.75, 3.05) is 19.9 Å². The van der Waals surface area contributed by atoms with E-state index in [1.807, 2.05) is 18.2 Å². The lowest BCUT2D eigenvalue weighted by molar-refractivity contribution is 0.0503. The van der Waals surface area contributed by atoms with E-state index in [1.54, 1.807) is 0 Å². The molecule has 4 nitrogen and oxygen atoms in total. The van der Waals surface area contributed by atoms with Gasteiger partial charge in [0.15, 0.2) is 11.5 Å². The summed E-state index contributed by atoms with van der Waals surface area (Å²) < 4.78 is 16.5. The van der Waals surface area contributed by atoms with Crippen molar-refractivity contribution >= 4 is 0 Å². The van der Waals surface area contributed by atoms with Gasteiger partial charge in [-0.2, -0.15) is 0 Å². The number of ether oxygens (including phenoxy) is 3. The van der Waals surface area contributed by atoms with Crippen molar-refractivity contribution in [2.24, 2.45) is 5.41 Å². The summed E-state index contributed by atoms with van der Waals surface area (Å²) >= 11 is 0. The quantitative estimate of drug-likeness (QED) is 0.833. The zero-order valence-electron chi connectivity index (χ0n) is 12.9. The Morgan fingerprint density at radius 1 is 1.25 bits per heavy atom. The Labute approximate surface area is 121 Å². The summed E-state index contributed by atoms with van der Waals surface area (Å²) in [5, 5.41) is 3.45. The van der Waals surface area contributed by atoms with E-state index in [9.17, 15) is 0 Å². The second kappa shape index (κ2) is 6.46. The van der Waals surface area contributed by atoms with E-state index in [-0.39, 0.29) is 5.41 Å². The van der Waals surface area contributed by atoms with Crippen LogP contribution in [0.2, 0.25) is 0 Å². The monoisotopic (exact) mass is 279 g/mol. The van der Waals surface area contributed by atoms with Crippen LogP contribution in [0.4, 0.5) is 0 Å². The molecule has 0 atom stereocenters. The van der Waals surface area contributed by atoms with Crippen molar-refractivity contribution < 1.29 is 14.2 Å². The molecule has 0 aliphatic carbocycles. The van der Waals surface area contributed by atoms with Crippen molar-refractivity contribution in [3.63, 3.8) is 0 Å². The molecule has 0 saturated carbocycles. The standard InChI is InChI=1S/C16H25NO3/c1-12(2)17-9-16(3,4)10-18-8-13-5-6-14-15(7-13)20-11-19-14/h5-7,12,17H,8-11H2,1-4H3. The maximum absolute atomic E-state index is 5.84. The van der Waals surface area contributed by atoms with E-state index < -0.39 is 0 Å². The normalized spacial score (nSPS) is 14.1. The van der Waals surface area contributed by atoms with Gasteiger partial charge in [-0.25, -0.2) is 0 Å². The van der Waals surface area contributed by atoms with Crippen LogP contribution < -0.4 is 14.8 Å². The van der Waals surface area contributed by atoms with E-state index in [0.717, 1.165) is 30.2 Å². The first-order valence-electron chi connectivity index (χ1n) is 7.16. The van der Waals surface area contributed by atoms with Crippen molar-refractivity contribution in [1.29, 1.82) is 0 Å². The maximum Gasteiger partial charge on any atom is 0.231 e. The summed E-state index contributed by atoms with van der Waals surface area (Å²) in [4.78, 5) is 0. The molecule has 4 heteroatoms. The summed E-state index contributed by atoms with van der Waals surface area (Å²) in [6.45, 7) is 11.3. The smallest absolute Gasteiger partial charge is 0.231 e. The van der Waals surface area contributed by atoms with Gasteiger partial charge in [0.1, 0.15) is 0 Å². The number of hydrogen-bond donors (Lipinski definition) is 1. The molecule has 2 rings (SSSR count). The van der Waals surface area contributed by atoms with E-state index in [0.29, 0.717) is 19.4 Å². The van der Waals surface area contributed by atoms with Gasteiger partial charge in [-0.15, -0.1) is 0 Å². The van der Waals surface area contributed by atoms with Crippen LogP contribution in [0, 0.1) is 5.41 Å². The summed E-state index contributed by atoms with van der Waals surface area (Å²) in [7, 11) is 0. The molecule has 1 aromatic rings. The number of fused-ring (bicyclic) bond motifs is 1. The molecule has 0 fully saturated rings. The minimum Gasteiger partial charge on any atom is -0.454 e. The number of benzene rings is 1. The van der Waals surface area contributed by atoms with Gasteiger partial charge in [-0.1, -0.05) is 33.8 Å². The predicted molar refractivity (Wildman–Crippen MR) is 79.1 cm³/mol. The predicted octanol–water partition coefficient (Wildman–Crippen LogP) is 2.96. The van der Waals surface area contributed by atoms with Gasteiger partial charge in [0, 0.05) is 18.0 Å². The third kappa shape index (κ3) is 4.39. The molecule has 0 saturated heterocycles. The van der Waals surface area contributed by atoms with Crippen molar-refractivity contribution in [3.05, 3.63) is 23.8 Å². The van der Waals surface area contributed by atoms with Crippen LogP contribution in [-0.4, -0.2) is 26.0 Å². The lowest BCUT2D eigenvalue weighted by atomic mass is 9.94. The Balaban J connectivity index is 1.78. The van der Waals surface area contributed by atoms with Crippen LogP contribution in [0.5, 0.6) is 11.5 Å². The topological polar surface area (TPSA) is 39.7 Å². The largest absolute Gasteiger partial charge is 0.454 e. The molecule has 112 valence electrons. The summed E-state index contributed by atoms with van der Waals surface area (Å²) in [6, 6.07) is 6.45. The molecule has 0 unspecified atom stereocenters. The van der Waals surface area contributed by atoms with Crippen LogP contribution in [-0.2, 0) is 11.3 Å². The van der Waals surface area contributed by atoms with E-state index in [2.05, 4.69) is 33.0 Å². The van der Waals surface area contributed by atoms with Crippen molar-refractivity contribution in [1.82, 2.24) is 5.32 Å². The molecule has 0 spiro atoms. The second-order valence-electron chi connectivity index (χ2n) is 6.38. The lowest BCUT2D eigenvalue weighted by Crippen LogP contribution is -2.36. The van der Waals surface area contributed by atoms with Crippen LogP contribution in [0.25, 0.3) is 0 Å². The zero-order valence-corrected chi connectivity index (χ0v) is 12.9. The Hall–Kier alpha value is -1.26. The SMILES string of the molecule is CC(C)NCC(C)(C)COCc1ccc2c(c1)OCO2. The highest BCUT2D eigenvalue weighted by atomic mass is 16.7. The van der Waals surface area contributed by atoms with Gasteiger partial charge < -0.3 is 19.5 Å². The van der Waals surface area contributed by atoms with Gasteiger partial charge in [0.2, 0.25) is 6.79 Å².